The summed E-state index contributed by atoms with van der Waals surface area (Å²) in [5.41, 5.74) is 1.03. The summed E-state index contributed by atoms with van der Waals surface area (Å²) in [4.78, 5) is 24.5. The van der Waals surface area contributed by atoms with E-state index in [4.69, 9.17) is 0 Å². The lowest BCUT2D eigenvalue weighted by molar-refractivity contribution is -0.124. The van der Waals surface area contributed by atoms with E-state index in [1.165, 1.54) is 12.8 Å². The Morgan fingerprint density at radius 3 is 2.39 bits per heavy atom. The fraction of sp³-hybridized carbons (Fsp3) is 0.556. The van der Waals surface area contributed by atoms with Crippen LogP contribution >= 0.6 is 0 Å². The molecular formula is C18H27N3O2. The van der Waals surface area contributed by atoms with E-state index in [0.29, 0.717) is 6.54 Å². The van der Waals surface area contributed by atoms with Gasteiger partial charge in [-0.15, -0.1) is 0 Å². The first-order valence-corrected chi connectivity index (χ1v) is 8.45. The fourth-order valence-corrected chi connectivity index (χ4v) is 2.87. The van der Waals surface area contributed by atoms with Crippen molar-refractivity contribution in [2.75, 3.05) is 0 Å². The van der Waals surface area contributed by atoms with Crippen LogP contribution in [0.1, 0.15) is 45.1 Å². The van der Waals surface area contributed by atoms with E-state index in [-0.39, 0.29) is 23.9 Å². The first kappa shape index (κ1) is 17.3. The van der Waals surface area contributed by atoms with Gasteiger partial charge in [-0.25, -0.2) is 4.79 Å². The zero-order valence-corrected chi connectivity index (χ0v) is 14.0. The fourth-order valence-electron chi connectivity index (χ4n) is 2.87. The Labute approximate surface area is 138 Å². The van der Waals surface area contributed by atoms with Gasteiger partial charge in [-0.2, -0.15) is 0 Å². The highest BCUT2D eigenvalue weighted by Crippen LogP contribution is 2.18. The van der Waals surface area contributed by atoms with Crippen molar-refractivity contribution in [3.8, 4) is 0 Å². The molecule has 5 nitrogen and oxygen atoms in total. The molecule has 1 aromatic carbocycles. The Morgan fingerprint density at radius 2 is 1.78 bits per heavy atom. The van der Waals surface area contributed by atoms with E-state index in [9.17, 15) is 9.59 Å². The summed E-state index contributed by atoms with van der Waals surface area (Å²) in [6, 6.07) is 9.14. The Bertz CT molecular complexity index is 510. The molecule has 1 aliphatic rings. The number of carbonyl (C=O) groups is 2. The molecule has 5 heteroatoms. The number of hydrogen-bond acceptors (Lipinski definition) is 2. The molecule has 1 fully saturated rings. The van der Waals surface area contributed by atoms with Crippen LogP contribution in [0, 0.1) is 5.92 Å². The van der Waals surface area contributed by atoms with Gasteiger partial charge in [0.2, 0.25) is 5.91 Å². The van der Waals surface area contributed by atoms with Gasteiger partial charge < -0.3 is 16.0 Å². The number of nitrogens with one attached hydrogen (secondary N) is 3. The number of hydrogen-bond donors (Lipinski definition) is 3. The number of benzene rings is 1. The second kappa shape index (κ2) is 8.56. The second-order valence-electron chi connectivity index (χ2n) is 6.52. The lowest BCUT2D eigenvalue weighted by atomic mass is 10.0. The van der Waals surface area contributed by atoms with Crippen LogP contribution < -0.4 is 16.0 Å². The van der Waals surface area contributed by atoms with Gasteiger partial charge in [0, 0.05) is 12.6 Å². The largest absolute Gasteiger partial charge is 0.352 e. The van der Waals surface area contributed by atoms with Gasteiger partial charge in [0.1, 0.15) is 6.04 Å². The highest BCUT2D eigenvalue weighted by atomic mass is 16.2. The van der Waals surface area contributed by atoms with Crippen LogP contribution in [-0.4, -0.2) is 24.0 Å². The van der Waals surface area contributed by atoms with Crippen LogP contribution in [0.25, 0.3) is 0 Å². The summed E-state index contributed by atoms with van der Waals surface area (Å²) >= 11 is 0. The molecule has 1 saturated carbocycles. The van der Waals surface area contributed by atoms with Crippen LogP contribution in [-0.2, 0) is 11.3 Å². The van der Waals surface area contributed by atoms with Crippen molar-refractivity contribution in [3.05, 3.63) is 35.9 Å². The highest BCUT2D eigenvalue weighted by Gasteiger charge is 2.27. The molecule has 0 aliphatic heterocycles. The van der Waals surface area contributed by atoms with Crippen molar-refractivity contribution >= 4 is 11.9 Å². The molecule has 0 saturated heterocycles. The molecule has 1 unspecified atom stereocenters. The molecule has 0 bridgehead atoms. The molecular weight excluding hydrogens is 290 g/mol. The minimum Gasteiger partial charge on any atom is -0.352 e. The molecule has 3 N–H and O–H groups in total. The number of amides is 3. The predicted octanol–water partition coefficient (Wildman–Crippen LogP) is 2.57. The van der Waals surface area contributed by atoms with E-state index < -0.39 is 6.04 Å². The van der Waals surface area contributed by atoms with Crippen LogP contribution in [0.2, 0.25) is 0 Å². The van der Waals surface area contributed by atoms with Gasteiger partial charge in [-0.3, -0.25) is 4.79 Å². The smallest absolute Gasteiger partial charge is 0.315 e. The topological polar surface area (TPSA) is 70.2 Å². The maximum absolute atomic E-state index is 12.4. The monoisotopic (exact) mass is 317 g/mol. The van der Waals surface area contributed by atoms with Gasteiger partial charge in [0.05, 0.1) is 0 Å². The average molecular weight is 317 g/mol. The number of urea groups is 1. The molecule has 0 heterocycles. The predicted molar refractivity (Wildman–Crippen MR) is 90.8 cm³/mol. The minimum absolute atomic E-state index is 0.0406. The first-order chi connectivity index (χ1) is 11.1. The maximum Gasteiger partial charge on any atom is 0.315 e. The summed E-state index contributed by atoms with van der Waals surface area (Å²) in [6.45, 7) is 4.33. The third kappa shape index (κ3) is 5.58. The van der Waals surface area contributed by atoms with Crippen molar-refractivity contribution in [3.63, 3.8) is 0 Å². The third-order valence-electron chi connectivity index (χ3n) is 4.23. The van der Waals surface area contributed by atoms with E-state index in [0.717, 1.165) is 18.4 Å². The molecule has 0 spiro atoms. The molecule has 2 rings (SSSR count). The summed E-state index contributed by atoms with van der Waals surface area (Å²) < 4.78 is 0. The van der Waals surface area contributed by atoms with Crippen molar-refractivity contribution in [1.82, 2.24) is 16.0 Å². The summed E-state index contributed by atoms with van der Waals surface area (Å²) in [5.74, 6) is -0.0411. The Hall–Kier alpha value is -2.04. The quantitative estimate of drug-likeness (QED) is 0.754. The Balaban J connectivity index is 1.82. The van der Waals surface area contributed by atoms with Crippen molar-refractivity contribution in [2.45, 2.75) is 58.2 Å². The van der Waals surface area contributed by atoms with Crippen LogP contribution in [0.15, 0.2) is 30.3 Å². The molecule has 0 radical (unpaired) electrons. The first-order valence-electron chi connectivity index (χ1n) is 8.45. The van der Waals surface area contributed by atoms with E-state index in [1.54, 1.807) is 0 Å². The zero-order valence-electron chi connectivity index (χ0n) is 14.0. The normalized spacial score (nSPS) is 16.1. The Kier molecular flexibility index (Phi) is 6.44. The van der Waals surface area contributed by atoms with E-state index >= 15 is 0 Å². The molecule has 1 atom stereocenters. The SMILES string of the molecule is CC(C)C(NC(=O)NCc1ccccc1)C(=O)NC1CCCC1. The van der Waals surface area contributed by atoms with Crippen molar-refractivity contribution in [2.24, 2.45) is 5.92 Å². The highest BCUT2D eigenvalue weighted by molar-refractivity contribution is 5.87. The van der Waals surface area contributed by atoms with Crippen molar-refractivity contribution in [1.29, 1.82) is 0 Å². The van der Waals surface area contributed by atoms with E-state index in [1.807, 2.05) is 44.2 Å². The number of rotatable bonds is 6. The van der Waals surface area contributed by atoms with Gasteiger partial charge in [0.15, 0.2) is 0 Å². The van der Waals surface area contributed by atoms with Crippen LogP contribution in [0.3, 0.4) is 0 Å². The lowest BCUT2D eigenvalue weighted by Gasteiger charge is -2.24. The van der Waals surface area contributed by atoms with Gasteiger partial charge in [0.25, 0.3) is 0 Å². The van der Waals surface area contributed by atoms with Crippen LogP contribution in [0.5, 0.6) is 0 Å². The maximum atomic E-state index is 12.4. The van der Waals surface area contributed by atoms with Crippen LogP contribution in [0.4, 0.5) is 4.79 Å². The van der Waals surface area contributed by atoms with Gasteiger partial charge in [-0.1, -0.05) is 57.0 Å². The standard InChI is InChI=1S/C18H27N3O2/c1-13(2)16(17(22)20-15-10-6-7-11-15)21-18(23)19-12-14-8-4-3-5-9-14/h3-5,8-9,13,15-16H,6-7,10-12H2,1-2H3,(H,20,22)(H2,19,21,23). The molecule has 1 aromatic rings. The van der Waals surface area contributed by atoms with E-state index in [2.05, 4.69) is 16.0 Å². The zero-order chi connectivity index (χ0) is 16.7. The number of carbonyl (C=O) groups excluding carboxylic acids is 2. The Morgan fingerprint density at radius 1 is 1.13 bits per heavy atom. The van der Waals surface area contributed by atoms with Gasteiger partial charge in [-0.05, 0) is 24.3 Å². The molecule has 3 amide bonds. The van der Waals surface area contributed by atoms with Gasteiger partial charge >= 0.3 is 6.03 Å². The minimum atomic E-state index is -0.508. The average Bonchev–Trinajstić information content (AvgIpc) is 3.04. The molecule has 126 valence electrons. The molecule has 1 aliphatic carbocycles. The summed E-state index contributed by atoms with van der Waals surface area (Å²) in [7, 11) is 0. The summed E-state index contributed by atoms with van der Waals surface area (Å²) in [6.07, 6.45) is 4.41. The van der Waals surface area contributed by atoms with Crippen molar-refractivity contribution < 1.29 is 9.59 Å². The lowest BCUT2D eigenvalue weighted by Crippen LogP contribution is -2.53. The second-order valence-corrected chi connectivity index (χ2v) is 6.52. The molecule has 0 aromatic heterocycles. The molecule has 23 heavy (non-hydrogen) atoms. The third-order valence-corrected chi connectivity index (χ3v) is 4.23. The summed E-state index contributed by atoms with van der Waals surface area (Å²) in [5, 5.41) is 8.66.